The minimum atomic E-state index is -0.662. The van der Waals surface area contributed by atoms with Crippen molar-refractivity contribution in [2.75, 3.05) is 6.61 Å². The monoisotopic (exact) mass is 307 g/mol. The molecular formula is C14H11ClFN3O2. The molecule has 0 fully saturated rings. The highest BCUT2D eigenvalue weighted by molar-refractivity contribution is 6.29. The van der Waals surface area contributed by atoms with Crippen molar-refractivity contribution in [1.82, 2.24) is 9.97 Å². The number of hydrogen-bond donors (Lipinski definition) is 0. The molecule has 1 aromatic carbocycles. The molecule has 0 bridgehead atoms. The molecule has 2 aromatic rings. The van der Waals surface area contributed by atoms with Crippen molar-refractivity contribution in [3.05, 3.63) is 46.6 Å². The van der Waals surface area contributed by atoms with E-state index >= 15 is 0 Å². The lowest BCUT2D eigenvalue weighted by Crippen LogP contribution is -2.01. The molecule has 0 amide bonds. The SMILES string of the molecule is CCOCc1nc(Cl)cc(Oc2ccc(C#N)c(F)c2)n1. The van der Waals surface area contributed by atoms with Crippen molar-refractivity contribution in [1.29, 1.82) is 5.26 Å². The maximum absolute atomic E-state index is 13.5. The highest BCUT2D eigenvalue weighted by atomic mass is 35.5. The van der Waals surface area contributed by atoms with Crippen molar-refractivity contribution in [3.63, 3.8) is 0 Å². The van der Waals surface area contributed by atoms with E-state index in [2.05, 4.69) is 9.97 Å². The first-order valence-electron chi connectivity index (χ1n) is 6.11. The third-order valence-corrected chi connectivity index (χ3v) is 2.63. The first-order chi connectivity index (χ1) is 10.1. The zero-order chi connectivity index (χ0) is 15.2. The minimum absolute atomic E-state index is 0.0555. The number of benzene rings is 1. The summed E-state index contributed by atoms with van der Waals surface area (Å²) in [4.78, 5) is 8.10. The second-order valence-electron chi connectivity index (χ2n) is 3.94. The molecule has 21 heavy (non-hydrogen) atoms. The van der Waals surface area contributed by atoms with Gasteiger partial charge in [0.05, 0.1) is 5.56 Å². The normalized spacial score (nSPS) is 10.2. The van der Waals surface area contributed by atoms with Crippen LogP contribution in [-0.4, -0.2) is 16.6 Å². The average molecular weight is 308 g/mol. The third kappa shape index (κ3) is 4.12. The van der Waals surface area contributed by atoms with Gasteiger partial charge in [0.1, 0.15) is 29.4 Å². The molecule has 0 saturated heterocycles. The van der Waals surface area contributed by atoms with E-state index < -0.39 is 5.82 Å². The van der Waals surface area contributed by atoms with Crippen LogP contribution in [-0.2, 0) is 11.3 Å². The summed E-state index contributed by atoms with van der Waals surface area (Å²) in [5.74, 6) is 0.0931. The quantitative estimate of drug-likeness (QED) is 0.791. The molecule has 0 aliphatic carbocycles. The summed E-state index contributed by atoms with van der Waals surface area (Å²) in [6, 6.07) is 7.05. The molecule has 1 aromatic heterocycles. The number of ether oxygens (including phenoxy) is 2. The van der Waals surface area contributed by atoms with Gasteiger partial charge in [0.15, 0.2) is 5.82 Å². The van der Waals surface area contributed by atoms with Crippen LogP contribution in [0.5, 0.6) is 11.6 Å². The molecule has 108 valence electrons. The van der Waals surface area contributed by atoms with Gasteiger partial charge in [-0.3, -0.25) is 0 Å². The van der Waals surface area contributed by atoms with Crippen LogP contribution in [0.1, 0.15) is 18.3 Å². The molecule has 2 rings (SSSR count). The van der Waals surface area contributed by atoms with Gasteiger partial charge in [0, 0.05) is 18.7 Å². The Bertz CT molecular complexity index is 688. The predicted molar refractivity (Wildman–Crippen MR) is 73.6 cm³/mol. The Labute approximate surface area is 125 Å². The second kappa shape index (κ2) is 6.97. The molecular weight excluding hydrogens is 297 g/mol. The first kappa shape index (κ1) is 15.2. The molecule has 0 saturated carbocycles. The van der Waals surface area contributed by atoms with Crippen LogP contribution in [0.4, 0.5) is 4.39 Å². The lowest BCUT2D eigenvalue weighted by molar-refractivity contribution is 0.128. The molecule has 0 aliphatic rings. The number of nitriles is 1. The van der Waals surface area contributed by atoms with Gasteiger partial charge in [-0.15, -0.1) is 0 Å². The Balaban J connectivity index is 2.21. The van der Waals surface area contributed by atoms with Crippen LogP contribution in [0.25, 0.3) is 0 Å². The van der Waals surface area contributed by atoms with Gasteiger partial charge in [-0.05, 0) is 19.1 Å². The fourth-order valence-electron chi connectivity index (χ4n) is 1.52. The van der Waals surface area contributed by atoms with Crippen LogP contribution in [0.2, 0.25) is 5.15 Å². The van der Waals surface area contributed by atoms with Gasteiger partial charge in [-0.2, -0.15) is 10.2 Å². The van der Waals surface area contributed by atoms with E-state index in [-0.39, 0.29) is 29.0 Å². The summed E-state index contributed by atoms with van der Waals surface area (Å²) in [5, 5.41) is 8.87. The fraction of sp³-hybridized carbons (Fsp3) is 0.214. The highest BCUT2D eigenvalue weighted by Crippen LogP contribution is 2.23. The smallest absolute Gasteiger partial charge is 0.224 e. The van der Waals surface area contributed by atoms with Crippen LogP contribution >= 0.6 is 11.6 Å². The van der Waals surface area contributed by atoms with Crippen LogP contribution in [0, 0.1) is 17.1 Å². The average Bonchev–Trinajstić information content (AvgIpc) is 2.45. The van der Waals surface area contributed by atoms with E-state index in [9.17, 15) is 4.39 Å². The molecule has 0 aliphatic heterocycles. The van der Waals surface area contributed by atoms with Crippen LogP contribution in [0.15, 0.2) is 24.3 Å². The van der Waals surface area contributed by atoms with Crippen molar-refractivity contribution < 1.29 is 13.9 Å². The highest BCUT2D eigenvalue weighted by Gasteiger charge is 2.08. The van der Waals surface area contributed by atoms with Gasteiger partial charge in [0.2, 0.25) is 5.88 Å². The van der Waals surface area contributed by atoms with E-state index in [1.54, 1.807) is 6.07 Å². The van der Waals surface area contributed by atoms with Gasteiger partial charge < -0.3 is 9.47 Å². The summed E-state index contributed by atoms with van der Waals surface area (Å²) in [6.07, 6.45) is 0. The molecule has 7 heteroatoms. The van der Waals surface area contributed by atoms with Crippen molar-refractivity contribution in [3.8, 4) is 17.7 Å². The van der Waals surface area contributed by atoms with Crippen molar-refractivity contribution >= 4 is 11.6 Å². The predicted octanol–water partition coefficient (Wildman–Crippen LogP) is 3.47. The Hall–Kier alpha value is -2.23. The van der Waals surface area contributed by atoms with Crippen molar-refractivity contribution in [2.45, 2.75) is 13.5 Å². The minimum Gasteiger partial charge on any atom is -0.439 e. The largest absolute Gasteiger partial charge is 0.439 e. The number of halogens is 2. The number of nitrogens with zero attached hydrogens (tertiary/aromatic N) is 3. The maximum Gasteiger partial charge on any atom is 0.224 e. The molecule has 0 unspecified atom stereocenters. The molecule has 5 nitrogen and oxygen atoms in total. The van der Waals surface area contributed by atoms with E-state index in [4.69, 9.17) is 26.3 Å². The molecule has 0 radical (unpaired) electrons. The van der Waals surface area contributed by atoms with Crippen LogP contribution < -0.4 is 4.74 Å². The topological polar surface area (TPSA) is 68.0 Å². The first-order valence-corrected chi connectivity index (χ1v) is 6.49. The van der Waals surface area contributed by atoms with Gasteiger partial charge in [-0.25, -0.2) is 9.37 Å². The number of aromatic nitrogens is 2. The van der Waals surface area contributed by atoms with Gasteiger partial charge >= 0.3 is 0 Å². The second-order valence-corrected chi connectivity index (χ2v) is 4.33. The van der Waals surface area contributed by atoms with Crippen LogP contribution in [0.3, 0.4) is 0 Å². The lowest BCUT2D eigenvalue weighted by atomic mass is 10.2. The Kier molecular flexibility index (Phi) is 5.04. The summed E-state index contributed by atoms with van der Waals surface area (Å²) < 4.78 is 24.1. The van der Waals surface area contributed by atoms with Crippen molar-refractivity contribution in [2.24, 2.45) is 0 Å². The number of hydrogen-bond acceptors (Lipinski definition) is 5. The summed E-state index contributed by atoms with van der Waals surface area (Å²) >= 11 is 5.87. The zero-order valence-corrected chi connectivity index (χ0v) is 11.9. The zero-order valence-electron chi connectivity index (χ0n) is 11.1. The summed E-state index contributed by atoms with van der Waals surface area (Å²) in [7, 11) is 0. The van der Waals surface area contributed by atoms with E-state index in [1.165, 1.54) is 18.2 Å². The van der Waals surface area contributed by atoms with E-state index in [0.717, 1.165) is 6.07 Å². The molecule has 0 spiro atoms. The summed E-state index contributed by atoms with van der Waals surface area (Å²) in [5.41, 5.74) is -0.0555. The molecule has 0 N–H and O–H groups in total. The number of rotatable bonds is 5. The Morgan fingerprint density at radius 2 is 2.14 bits per heavy atom. The standard InChI is InChI=1S/C14H11ClFN3O2/c1-2-20-8-13-18-12(15)6-14(19-13)21-10-4-3-9(7-17)11(16)5-10/h3-6H,2,8H2,1H3. The lowest BCUT2D eigenvalue weighted by Gasteiger charge is -2.07. The van der Waals surface area contributed by atoms with E-state index in [0.29, 0.717) is 12.4 Å². The third-order valence-electron chi connectivity index (χ3n) is 2.44. The Morgan fingerprint density at radius 1 is 1.33 bits per heavy atom. The maximum atomic E-state index is 13.5. The molecule has 0 atom stereocenters. The van der Waals surface area contributed by atoms with Gasteiger partial charge in [-0.1, -0.05) is 11.6 Å². The summed E-state index contributed by atoms with van der Waals surface area (Å²) in [6.45, 7) is 2.57. The van der Waals surface area contributed by atoms with Gasteiger partial charge in [0.25, 0.3) is 0 Å². The Morgan fingerprint density at radius 3 is 2.81 bits per heavy atom. The fourth-order valence-corrected chi connectivity index (χ4v) is 1.71. The van der Waals surface area contributed by atoms with E-state index in [1.807, 2.05) is 6.92 Å². The molecule has 1 heterocycles.